The molecule has 1 aliphatic carbocycles. The van der Waals surface area contributed by atoms with Crippen LogP contribution >= 0.6 is 0 Å². The lowest BCUT2D eigenvalue weighted by atomic mass is 9.96. The summed E-state index contributed by atoms with van der Waals surface area (Å²) in [7, 11) is 1.75. The van der Waals surface area contributed by atoms with Gasteiger partial charge >= 0.3 is 0 Å². The smallest absolute Gasteiger partial charge is 0.0347 e. The van der Waals surface area contributed by atoms with Crippen LogP contribution in [0.2, 0.25) is 0 Å². The minimum atomic E-state index is 0.443. The molecule has 0 saturated heterocycles. The molecule has 0 aromatic carbocycles. The maximum absolute atomic E-state index is 9.01. The average Bonchev–Trinajstić information content (AvgIpc) is 1.90. The molecule has 2 heteroatoms. The van der Waals surface area contributed by atoms with E-state index >= 15 is 0 Å². The summed E-state index contributed by atoms with van der Waals surface area (Å²) in [6.07, 6.45) is 6.27. The summed E-state index contributed by atoms with van der Waals surface area (Å²) in [4.78, 5) is 0. The Morgan fingerprint density at radius 2 is 1.78 bits per heavy atom. The molecule has 2 nitrogen and oxygen atoms in total. The molecular weight excluding hydrogens is 114 g/mol. The van der Waals surface area contributed by atoms with Gasteiger partial charge in [-0.2, -0.15) is 5.06 Å². The minimum absolute atomic E-state index is 0.443. The fourth-order valence-electron chi connectivity index (χ4n) is 1.45. The van der Waals surface area contributed by atoms with Crippen molar-refractivity contribution in [2.75, 3.05) is 7.05 Å². The van der Waals surface area contributed by atoms with Crippen LogP contribution in [0.15, 0.2) is 0 Å². The Labute approximate surface area is 56.4 Å². The lowest BCUT2D eigenvalue weighted by Crippen LogP contribution is -2.30. The monoisotopic (exact) mass is 129 g/mol. The molecular formula is C7H15NO. The molecule has 0 bridgehead atoms. The molecule has 0 amide bonds. The molecule has 1 saturated carbocycles. The summed E-state index contributed by atoms with van der Waals surface area (Å²) < 4.78 is 0. The molecule has 1 rings (SSSR count). The maximum Gasteiger partial charge on any atom is 0.0347 e. The number of hydrogen-bond acceptors (Lipinski definition) is 2. The maximum atomic E-state index is 9.01. The third kappa shape index (κ3) is 1.95. The van der Waals surface area contributed by atoms with E-state index < -0.39 is 0 Å². The second-order valence-electron chi connectivity index (χ2n) is 2.87. The standard InChI is InChI=1S/C7H15NO/c1-8(9)7-5-3-2-4-6-7/h7,9H,2-6H2,1H3. The van der Waals surface area contributed by atoms with Gasteiger partial charge in [-0.15, -0.1) is 0 Å². The predicted octanol–water partition coefficient (Wildman–Crippen LogP) is 1.64. The zero-order chi connectivity index (χ0) is 6.69. The fraction of sp³-hybridized carbons (Fsp3) is 1.00. The first kappa shape index (κ1) is 7.03. The van der Waals surface area contributed by atoms with Gasteiger partial charge in [-0.3, -0.25) is 0 Å². The van der Waals surface area contributed by atoms with E-state index in [1.165, 1.54) is 37.2 Å². The van der Waals surface area contributed by atoms with E-state index in [4.69, 9.17) is 5.21 Å². The van der Waals surface area contributed by atoms with E-state index in [0.717, 1.165) is 0 Å². The highest BCUT2D eigenvalue weighted by Crippen LogP contribution is 2.19. The first-order valence-corrected chi connectivity index (χ1v) is 3.72. The Kier molecular flexibility index (Phi) is 2.49. The van der Waals surface area contributed by atoms with Gasteiger partial charge in [-0.1, -0.05) is 19.3 Å². The summed E-state index contributed by atoms with van der Waals surface area (Å²) in [5.41, 5.74) is 0. The number of hydroxylamine groups is 2. The molecule has 0 spiro atoms. The molecule has 54 valence electrons. The van der Waals surface area contributed by atoms with E-state index in [0.29, 0.717) is 6.04 Å². The van der Waals surface area contributed by atoms with Crippen molar-refractivity contribution in [3.05, 3.63) is 0 Å². The van der Waals surface area contributed by atoms with Gasteiger partial charge in [0.05, 0.1) is 0 Å². The quantitative estimate of drug-likeness (QED) is 0.544. The Morgan fingerprint density at radius 3 is 2.11 bits per heavy atom. The van der Waals surface area contributed by atoms with E-state index in [9.17, 15) is 0 Å². The summed E-state index contributed by atoms with van der Waals surface area (Å²) >= 11 is 0. The molecule has 0 radical (unpaired) electrons. The molecule has 0 heterocycles. The van der Waals surface area contributed by atoms with E-state index in [1.807, 2.05) is 0 Å². The van der Waals surface area contributed by atoms with Crippen molar-refractivity contribution in [2.24, 2.45) is 0 Å². The third-order valence-corrected chi connectivity index (χ3v) is 2.10. The van der Waals surface area contributed by atoms with Gasteiger partial charge in [0.2, 0.25) is 0 Å². The first-order chi connectivity index (χ1) is 4.30. The van der Waals surface area contributed by atoms with Crippen LogP contribution in [0.3, 0.4) is 0 Å². The van der Waals surface area contributed by atoms with Crippen LogP contribution in [0, 0.1) is 0 Å². The second-order valence-corrected chi connectivity index (χ2v) is 2.87. The Balaban J connectivity index is 2.23. The summed E-state index contributed by atoms with van der Waals surface area (Å²) in [6, 6.07) is 0.443. The highest BCUT2D eigenvalue weighted by Gasteiger charge is 2.15. The molecule has 1 N–H and O–H groups in total. The predicted molar refractivity (Wildman–Crippen MR) is 36.4 cm³/mol. The van der Waals surface area contributed by atoms with Crippen molar-refractivity contribution < 1.29 is 5.21 Å². The zero-order valence-corrected chi connectivity index (χ0v) is 6.01. The van der Waals surface area contributed by atoms with Gasteiger partial charge in [0.15, 0.2) is 0 Å². The zero-order valence-electron chi connectivity index (χ0n) is 6.01. The molecule has 0 aromatic rings. The summed E-state index contributed by atoms with van der Waals surface area (Å²) in [6.45, 7) is 0. The van der Waals surface area contributed by atoms with Crippen molar-refractivity contribution in [1.29, 1.82) is 0 Å². The van der Waals surface area contributed by atoms with Crippen LogP contribution in [0.25, 0.3) is 0 Å². The average molecular weight is 129 g/mol. The molecule has 0 unspecified atom stereocenters. The van der Waals surface area contributed by atoms with Gasteiger partial charge in [-0.25, -0.2) is 0 Å². The van der Waals surface area contributed by atoms with Crippen molar-refractivity contribution in [2.45, 2.75) is 38.1 Å². The molecule has 1 aliphatic rings. The minimum Gasteiger partial charge on any atom is -0.314 e. The van der Waals surface area contributed by atoms with E-state index in [-0.39, 0.29) is 0 Å². The van der Waals surface area contributed by atoms with Gasteiger partial charge < -0.3 is 5.21 Å². The van der Waals surface area contributed by atoms with Crippen LogP contribution in [0.1, 0.15) is 32.1 Å². The highest BCUT2D eigenvalue weighted by atomic mass is 16.5. The highest BCUT2D eigenvalue weighted by molar-refractivity contribution is 4.68. The lowest BCUT2D eigenvalue weighted by Gasteiger charge is -2.25. The van der Waals surface area contributed by atoms with Crippen LogP contribution in [0.5, 0.6) is 0 Å². The number of hydrogen-bond donors (Lipinski definition) is 1. The van der Waals surface area contributed by atoms with Gasteiger partial charge in [0.25, 0.3) is 0 Å². The van der Waals surface area contributed by atoms with Gasteiger partial charge in [0.1, 0.15) is 0 Å². The summed E-state index contributed by atoms with van der Waals surface area (Å²) in [5, 5.41) is 10.4. The Bertz CT molecular complexity index is 77.0. The molecule has 1 fully saturated rings. The van der Waals surface area contributed by atoms with Crippen LogP contribution < -0.4 is 0 Å². The van der Waals surface area contributed by atoms with Crippen LogP contribution in [0.4, 0.5) is 0 Å². The van der Waals surface area contributed by atoms with Crippen molar-refractivity contribution in [3.8, 4) is 0 Å². The van der Waals surface area contributed by atoms with Gasteiger partial charge in [-0.05, 0) is 12.8 Å². The van der Waals surface area contributed by atoms with Crippen LogP contribution in [-0.2, 0) is 0 Å². The fourth-order valence-corrected chi connectivity index (χ4v) is 1.45. The lowest BCUT2D eigenvalue weighted by molar-refractivity contribution is -0.111. The van der Waals surface area contributed by atoms with E-state index in [2.05, 4.69) is 0 Å². The first-order valence-electron chi connectivity index (χ1n) is 3.72. The summed E-state index contributed by atoms with van der Waals surface area (Å²) in [5.74, 6) is 0. The molecule has 9 heavy (non-hydrogen) atoms. The number of rotatable bonds is 1. The second kappa shape index (κ2) is 3.18. The third-order valence-electron chi connectivity index (χ3n) is 2.10. The normalized spacial score (nSPS) is 23.0. The topological polar surface area (TPSA) is 23.5 Å². The molecule has 0 atom stereocenters. The van der Waals surface area contributed by atoms with Gasteiger partial charge in [0, 0.05) is 13.1 Å². The Hall–Kier alpha value is -0.0800. The van der Waals surface area contributed by atoms with Crippen molar-refractivity contribution >= 4 is 0 Å². The largest absolute Gasteiger partial charge is 0.314 e. The SMILES string of the molecule is CN(O)C1CCCCC1. The molecule has 0 aliphatic heterocycles. The Morgan fingerprint density at radius 1 is 1.22 bits per heavy atom. The number of nitrogens with zero attached hydrogens (tertiary/aromatic N) is 1. The van der Waals surface area contributed by atoms with Crippen molar-refractivity contribution in [1.82, 2.24) is 5.06 Å². The molecule has 0 aromatic heterocycles. The van der Waals surface area contributed by atoms with E-state index in [1.54, 1.807) is 7.05 Å². The van der Waals surface area contributed by atoms with Crippen LogP contribution in [-0.4, -0.2) is 23.4 Å². The van der Waals surface area contributed by atoms with Crippen molar-refractivity contribution in [3.63, 3.8) is 0 Å².